The van der Waals surface area contributed by atoms with Crippen LogP contribution >= 0.6 is 0 Å². The lowest BCUT2D eigenvalue weighted by Gasteiger charge is -2.32. The smallest absolute Gasteiger partial charge is 0.400 e. The average molecular weight is 194 g/mol. The van der Waals surface area contributed by atoms with Gasteiger partial charge in [0.25, 0.3) is 0 Å². The van der Waals surface area contributed by atoms with Gasteiger partial charge in [-0.25, -0.2) is 0 Å². The van der Waals surface area contributed by atoms with Gasteiger partial charge in [-0.05, 0) is 34.1 Å². The Labute approximate surface area is 87.1 Å². The van der Waals surface area contributed by atoms with Gasteiger partial charge in [0.2, 0.25) is 0 Å². The lowest BCUT2D eigenvalue weighted by atomic mass is 9.90. The van der Waals surface area contributed by atoms with Gasteiger partial charge >= 0.3 is 7.12 Å². The minimum absolute atomic E-state index is 0.222. The van der Waals surface area contributed by atoms with E-state index in [1.54, 1.807) is 0 Å². The van der Waals surface area contributed by atoms with E-state index in [0.29, 0.717) is 0 Å². The molecule has 0 spiro atoms. The summed E-state index contributed by atoms with van der Waals surface area (Å²) in [6.45, 7) is 11.8. The summed E-state index contributed by atoms with van der Waals surface area (Å²) in [6.07, 6.45) is 4.71. The average Bonchev–Trinajstić information content (AvgIpc) is 2.21. The third kappa shape index (κ3) is 2.28. The summed E-state index contributed by atoms with van der Waals surface area (Å²) in [6, 6.07) is 0. The Bertz CT molecular complexity index is 228. The first-order chi connectivity index (χ1) is 6.39. The molecule has 0 amide bonds. The Hall–Kier alpha value is -0.535. The number of allylic oxidation sites excluding steroid dienone is 2. The van der Waals surface area contributed by atoms with Gasteiger partial charge in [0, 0.05) is 0 Å². The van der Waals surface area contributed by atoms with Gasteiger partial charge in [-0.1, -0.05) is 18.1 Å². The number of hydrogen-bond acceptors (Lipinski definition) is 2. The van der Waals surface area contributed by atoms with Crippen molar-refractivity contribution in [3.63, 3.8) is 0 Å². The molecule has 1 rings (SSSR count). The predicted octanol–water partition coefficient (Wildman–Crippen LogP) is 2.75. The molecule has 0 aromatic rings. The molecular formula is C11H19BO2. The zero-order chi connectivity index (χ0) is 10.8. The van der Waals surface area contributed by atoms with Crippen LogP contribution in [0.3, 0.4) is 0 Å². The van der Waals surface area contributed by atoms with Gasteiger partial charge in [-0.3, -0.25) is 0 Å². The fourth-order valence-corrected chi connectivity index (χ4v) is 1.25. The van der Waals surface area contributed by atoms with Crippen molar-refractivity contribution in [2.75, 3.05) is 0 Å². The van der Waals surface area contributed by atoms with Crippen molar-refractivity contribution in [3.05, 3.63) is 24.7 Å². The first-order valence-corrected chi connectivity index (χ1v) is 5.02. The molecule has 0 saturated carbocycles. The van der Waals surface area contributed by atoms with E-state index in [1.165, 1.54) is 0 Å². The van der Waals surface area contributed by atoms with Crippen LogP contribution < -0.4 is 0 Å². The Balaban J connectivity index is 2.59. The lowest BCUT2D eigenvalue weighted by molar-refractivity contribution is 0.00578. The van der Waals surface area contributed by atoms with Crippen LogP contribution in [0.4, 0.5) is 0 Å². The first-order valence-electron chi connectivity index (χ1n) is 5.02. The molecule has 78 valence electrons. The van der Waals surface area contributed by atoms with Gasteiger partial charge < -0.3 is 9.31 Å². The molecule has 0 aromatic carbocycles. The third-order valence-corrected chi connectivity index (χ3v) is 2.87. The quantitative estimate of drug-likeness (QED) is 0.508. The van der Waals surface area contributed by atoms with Gasteiger partial charge in [0.15, 0.2) is 0 Å². The van der Waals surface area contributed by atoms with Crippen LogP contribution in [0.15, 0.2) is 24.7 Å². The summed E-state index contributed by atoms with van der Waals surface area (Å²) in [5, 5.41) is 0. The Morgan fingerprint density at radius 2 is 1.64 bits per heavy atom. The van der Waals surface area contributed by atoms with Gasteiger partial charge in [-0.15, -0.1) is 6.58 Å². The van der Waals surface area contributed by atoms with Gasteiger partial charge in [-0.2, -0.15) is 0 Å². The molecule has 0 aliphatic carbocycles. The molecule has 1 saturated heterocycles. The van der Waals surface area contributed by atoms with Crippen LogP contribution in [0.5, 0.6) is 0 Å². The maximum Gasteiger partial charge on any atom is 0.486 e. The molecular weight excluding hydrogens is 175 g/mol. The van der Waals surface area contributed by atoms with E-state index in [0.717, 1.165) is 6.42 Å². The summed E-state index contributed by atoms with van der Waals surface area (Å²) >= 11 is 0. The molecule has 1 aliphatic heterocycles. The summed E-state index contributed by atoms with van der Waals surface area (Å²) in [5.74, 6) is 1.94. The second-order valence-electron chi connectivity index (χ2n) is 4.58. The lowest BCUT2D eigenvalue weighted by Crippen LogP contribution is -2.41. The van der Waals surface area contributed by atoms with Crippen LogP contribution in [-0.2, 0) is 9.31 Å². The summed E-state index contributed by atoms with van der Waals surface area (Å²) in [7, 11) is -0.222. The van der Waals surface area contributed by atoms with Crippen molar-refractivity contribution >= 4 is 7.12 Å². The summed E-state index contributed by atoms with van der Waals surface area (Å²) in [4.78, 5) is 0. The van der Waals surface area contributed by atoms with E-state index in [1.807, 2.05) is 45.8 Å². The molecule has 0 atom stereocenters. The standard InChI is InChI=1S/C11H19BO2/c1-6-7-8-9-12-13-10(2,3)11(4,5)14-12/h6,8-9H,1,7H2,2-5H3/b9-8+. The fourth-order valence-electron chi connectivity index (χ4n) is 1.25. The predicted molar refractivity (Wildman–Crippen MR) is 60.0 cm³/mol. The molecule has 14 heavy (non-hydrogen) atoms. The molecule has 0 radical (unpaired) electrons. The highest BCUT2D eigenvalue weighted by molar-refractivity contribution is 6.51. The monoisotopic (exact) mass is 194 g/mol. The second kappa shape index (κ2) is 3.91. The minimum Gasteiger partial charge on any atom is -0.400 e. The van der Waals surface area contributed by atoms with Crippen molar-refractivity contribution in [3.8, 4) is 0 Å². The van der Waals surface area contributed by atoms with Gasteiger partial charge in [0.05, 0.1) is 11.2 Å². The van der Waals surface area contributed by atoms with Crippen molar-refractivity contribution in [1.29, 1.82) is 0 Å². The van der Waals surface area contributed by atoms with Crippen molar-refractivity contribution in [2.24, 2.45) is 0 Å². The molecule has 2 nitrogen and oxygen atoms in total. The Kier molecular flexibility index (Phi) is 3.22. The molecule has 0 aromatic heterocycles. The highest BCUT2D eigenvalue weighted by Crippen LogP contribution is 2.36. The third-order valence-electron chi connectivity index (χ3n) is 2.87. The molecule has 0 N–H and O–H groups in total. The zero-order valence-electron chi connectivity index (χ0n) is 9.54. The maximum atomic E-state index is 5.77. The normalized spacial score (nSPS) is 24.4. The largest absolute Gasteiger partial charge is 0.486 e. The summed E-state index contributed by atoms with van der Waals surface area (Å²) < 4.78 is 11.5. The molecule has 0 bridgehead atoms. The summed E-state index contributed by atoms with van der Waals surface area (Å²) in [5.41, 5.74) is -0.480. The van der Waals surface area contributed by atoms with Crippen molar-refractivity contribution in [1.82, 2.24) is 0 Å². The van der Waals surface area contributed by atoms with Crippen LogP contribution in [0.25, 0.3) is 0 Å². The van der Waals surface area contributed by atoms with E-state index in [9.17, 15) is 0 Å². The van der Waals surface area contributed by atoms with E-state index in [2.05, 4.69) is 6.58 Å². The SMILES string of the molecule is C=CC/C=C/B1OC(C)(C)C(C)(C)O1. The van der Waals surface area contributed by atoms with Crippen LogP contribution in [-0.4, -0.2) is 18.3 Å². The molecule has 1 heterocycles. The second-order valence-corrected chi connectivity index (χ2v) is 4.58. The van der Waals surface area contributed by atoms with Gasteiger partial charge in [0.1, 0.15) is 0 Å². The highest BCUT2D eigenvalue weighted by Gasteiger charge is 2.49. The van der Waals surface area contributed by atoms with E-state index < -0.39 is 0 Å². The molecule has 3 heteroatoms. The van der Waals surface area contributed by atoms with E-state index in [4.69, 9.17) is 9.31 Å². The van der Waals surface area contributed by atoms with E-state index in [-0.39, 0.29) is 18.3 Å². The number of hydrogen-bond donors (Lipinski definition) is 0. The number of rotatable bonds is 3. The molecule has 0 unspecified atom stereocenters. The fraction of sp³-hybridized carbons (Fsp3) is 0.636. The first kappa shape index (κ1) is 11.5. The van der Waals surface area contributed by atoms with Crippen LogP contribution in [0.2, 0.25) is 0 Å². The van der Waals surface area contributed by atoms with Crippen molar-refractivity contribution in [2.45, 2.75) is 45.3 Å². The van der Waals surface area contributed by atoms with Crippen LogP contribution in [0.1, 0.15) is 34.1 Å². The topological polar surface area (TPSA) is 18.5 Å². The minimum atomic E-state index is -0.240. The Morgan fingerprint density at radius 3 is 2.07 bits per heavy atom. The zero-order valence-corrected chi connectivity index (χ0v) is 9.54. The van der Waals surface area contributed by atoms with E-state index >= 15 is 0 Å². The molecule has 1 fully saturated rings. The Morgan fingerprint density at radius 1 is 1.14 bits per heavy atom. The van der Waals surface area contributed by atoms with Crippen molar-refractivity contribution < 1.29 is 9.31 Å². The molecule has 1 aliphatic rings. The maximum absolute atomic E-state index is 5.77. The van der Waals surface area contributed by atoms with Crippen LogP contribution in [0, 0.1) is 0 Å². The highest BCUT2D eigenvalue weighted by atomic mass is 16.7.